The van der Waals surface area contributed by atoms with Gasteiger partial charge in [0.1, 0.15) is 23.7 Å². The topological polar surface area (TPSA) is 101 Å². The van der Waals surface area contributed by atoms with Gasteiger partial charge in [-0.25, -0.2) is 0 Å². The monoisotopic (exact) mass is 316 g/mol. The van der Waals surface area contributed by atoms with Crippen molar-refractivity contribution in [1.82, 2.24) is 0 Å². The highest BCUT2D eigenvalue weighted by molar-refractivity contribution is 5.72. The number of aliphatic hydroxyl groups is 3. The van der Waals surface area contributed by atoms with Crippen LogP contribution in [0.2, 0.25) is 0 Å². The lowest BCUT2D eigenvalue weighted by atomic mass is 9.96. The molecule has 0 spiro atoms. The maximum atomic E-state index is 10.1. The van der Waals surface area contributed by atoms with Crippen LogP contribution in [-0.4, -0.2) is 38.2 Å². The van der Waals surface area contributed by atoms with Gasteiger partial charge in [0.05, 0.1) is 6.61 Å². The van der Waals surface area contributed by atoms with Crippen LogP contribution < -0.4 is 0 Å². The quantitative estimate of drug-likeness (QED) is 0.524. The maximum absolute atomic E-state index is 10.1. The van der Waals surface area contributed by atoms with E-state index in [-0.39, 0.29) is 11.5 Å². The molecular formula is C18H20O5. The molecule has 0 radical (unpaired) electrons. The van der Waals surface area contributed by atoms with Gasteiger partial charge in [-0.1, -0.05) is 18.2 Å². The molecule has 0 saturated heterocycles. The second-order valence-electron chi connectivity index (χ2n) is 5.31. The Hall–Kier alpha value is -2.34. The molecule has 0 fully saturated rings. The molecule has 0 amide bonds. The Morgan fingerprint density at radius 2 is 1.70 bits per heavy atom. The number of phenolic OH excluding ortho intramolecular Hbond substituents is 2. The zero-order chi connectivity index (χ0) is 17.0. The van der Waals surface area contributed by atoms with Crippen LogP contribution in [0.4, 0.5) is 0 Å². The van der Waals surface area contributed by atoms with E-state index in [1.807, 2.05) is 0 Å². The summed E-state index contributed by atoms with van der Waals surface area (Å²) in [5.74, 6) is 0.148. The van der Waals surface area contributed by atoms with Crippen molar-refractivity contribution in [3.63, 3.8) is 0 Å². The molecule has 5 N–H and O–H groups in total. The molecule has 0 unspecified atom stereocenters. The lowest BCUT2D eigenvalue weighted by Gasteiger charge is -2.17. The van der Waals surface area contributed by atoms with Gasteiger partial charge in [-0.2, -0.15) is 0 Å². The first-order chi connectivity index (χ1) is 11.0. The smallest absolute Gasteiger partial charge is 0.123 e. The normalized spacial score (nSPS) is 13.5. The molecule has 23 heavy (non-hydrogen) atoms. The summed E-state index contributed by atoms with van der Waals surface area (Å²) in [5, 5.41) is 48.4. The molecule has 2 aromatic carbocycles. The van der Waals surface area contributed by atoms with E-state index in [1.165, 1.54) is 18.2 Å². The van der Waals surface area contributed by atoms with Crippen molar-refractivity contribution < 1.29 is 25.5 Å². The minimum atomic E-state index is -1.30. The van der Waals surface area contributed by atoms with Crippen LogP contribution >= 0.6 is 0 Å². The molecule has 2 aromatic rings. The van der Waals surface area contributed by atoms with Crippen molar-refractivity contribution in [3.8, 4) is 22.6 Å². The maximum Gasteiger partial charge on any atom is 0.123 e. The zero-order valence-corrected chi connectivity index (χ0v) is 12.6. The second kappa shape index (κ2) is 7.28. The number of rotatable bonds is 6. The first-order valence-corrected chi connectivity index (χ1v) is 7.21. The highest BCUT2D eigenvalue weighted by Gasteiger charge is 2.19. The molecule has 122 valence electrons. The molecular weight excluding hydrogens is 296 g/mol. The average molecular weight is 316 g/mol. The van der Waals surface area contributed by atoms with E-state index in [4.69, 9.17) is 5.11 Å². The molecule has 2 rings (SSSR count). The van der Waals surface area contributed by atoms with Gasteiger partial charge in [-0.15, -0.1) is 6.58 Å². The molecule has 0 bridgehead atoms. The van der Waals surface area contributed by atoms with Crippen molar-refractivity contribution >= 4 is 0 Å². The number of allylic oxidation sites excluding steroid dienone is 1. The fraction of sp³-hybridized carbons (Fsp3) is 0.222. The van der Waals surface area contributed by atoms with Crippen LogP contribution in [0.3, 0.4) is 0 Å². The van der Waals surface area contributed by atoms with E-state index >= 15 is 0 Å². The highest BCUT2D eigenvalue weighted by Crippen LogP contribution is 2.34. The van der Waals surface area contributed by atoms with Gasteiger partial charge in [0, 0.05) is 5.56 Å². The van der Waals surface area contributed by atoms with Gasteiger partial charge in [-0.05, 0) is 47.4 Å². The van der Waals surface area contributed by atoms with Gasteiger partial charge in [0.25, 0.3) is 0 Å². The van der Waals surface area contributed by atoms with E-state index in [9.17, 15) is 20.4 Å². The number of benzene rings is 2. The molecule has 0 aliphatic carbocycles. The van der Waals surface area contributed by atoms with E-state index in [0.717, 1.165) is 0 Å². The second-order valence-corrected chi connectivity index (χ2v) is 5.31. The number of aromatic hydroxyl groups is 2. The van der Waals surface area contributed by atoms with Gasteiger partial charge in [0.2, 0.25) is 0 Å². The first-order valence-electron chi connectivity index (χ1n) is 7.21. The van der Waals surface area contributed by atoms with Crippen molar-refractivity contribution in [2.45, 2.75) is 18.6 Å². The molecule has 0 aliphatic rings. The fourth-order valence-corrected chi connectivity index (χ4v) is 2.36. The molecule has 0 heterocycles. The van der Waals surface area contributed by atoms with Crippen LogP contribution in [-0.2, 0) is 6.42 Å². The van der Waals surface area contributed by atoms with E-state index in [1.54, 1.807) is 24.3 Å². The average Bonchev–Trinajstić information content (AvgIpc) is 2.56. The third kappa shape index (κ3) is 3.71. The van der Waals surface area contributed by atoms with E-state index in [0.29, 0.717) is 28.7 Å². The number of phenols is 2. The summed E-state index contributed by atoms with van der Waals surface area (Å²) in [7, 11) is 0. The van der Waals surface area contributed by atoms with Gasteiger partial charge >= 0.3 is 0 Å². The summed E-state index contributed by atoms with van der Waals surface area (Å²) in [6, 6.07) is 9.34. The number of hydrogen-bond donors (Lipinski definition) is 5. The van der Waals surface area contributed by atoms with Crippen LogP contribution in [0.5, 0.6) is 11.5 Å². The summed E-state index contributed by atoms with van der Waals surface area (Å²) >= 11 is 0. The van der Waals surface area contributed by atoms with E-state index < -0.39 is 18.8 Å². The first kappa shape index (κ1) is 17.0. The Morgan fingerprint density at radius 1 is 1.00 bits per heavy atom. The van der Waals surface area contributed by atoms with Crippen molar-refractivity contribution in [1.29, 1.82) is 0 Å². The minimum Gasteiger partial charge on any atom is -0.508 e. The predicted molar refractivity (Wildman–Crippen MR) is 87.2 cm³/mol. The van der Waals surface area contributed by atoms with Crippen molar-refractivity contribution in [3.05, 3.63) is 60.2 Å². The summed E-state index contributed by atoms with van der Waals surface area (Å²) < 4.78 is 0. The Kier molecular flexibility index (Phi) is 5.39. The molecule has 0 saturated carbocycles. The fourth-order valence-electron chi connectivity index (χ4n) is 2.36. The van der Waals surface area contributed by atoms with Gasteiger partial charge < -0.3 is 25.5 Å². The van der Waals surface area contributed by atoms with Gasteiger partial charge in [-0.3, -0.25) is 0 Å². The third-order valence-corrected chi connectivity index (χ3v) is 3.67. The lowest BCUT2D eigenvalue weighted by Crippen LogP contribution is -2.22. The summed E-state index contributed by atoms with van der Waals surface area (Å²) in [5.41, 5.74) is 2.15. The lowest BCUT2D eigenvalue weighted by molar-refractivity contribution is -0.0152. The molecule has 2 atom stereocenters. The van der Waals surface area contributed by atoms with Crippen molar-refractivity contribution in [2.24, 2.45) is 0 Å². The Balaban J connectivity index is 2.47. The molecule has 5 nitrogen and oxygen atoms in total. The SMILES string of the molecule is C=CCc1cc(-c2cc([C@@H](O)[C@@H](O)CO)ccc2O)ccc1O. The Bertz CT molecular complexity index is 696. The third-order valence-electron chi connectivity index (χ3n) is 3.67. The van der Waals surface area contributed by atoms with Crippen LogP contribution in [0.15, 0.2) is 49.1 Å². The highest BCUT2D eigenvalue weighted by atomic mass is 16.4. The van der Waals surface area contributed by atoms with Crippen molar-refractivity contribution in [2.75, 3.05) is 6.61 Å². The van der Waals surface area contributed by atoms with E-state index in [2.05, 4.69) is 6.58 Å². The van der Waals surface area contributed by atoms with Crippen LogP contribution in [0, 0.1) is 0 Å². The van der Waals surface area contributed by atoms with Gasteiger partial charge in [0.15, 0.2) is 0 Å². The summed E-state index contributed by atoms with van der Waals surface area (Å²) in [6.07, 6.45) is -0.421. The number of aliphatic hydroxyl groups excluding tert-OH is 3. The summed E-state index contributed by atoms with van der Waals surface area (Å²) in [4.78, 5) is 0. The molecule has 5 heteroatoms. The Labute approximate surface area is 134 Å². The molecule has 0 aromatic heterocycles. The van der Waals surface area contributed by atoms with Crippen LogP contribution in [0.25, 0.3) is 11.1 Å². The zero-order valence-electron chi connectivity index (χ0n) is 12.6. The number of hydrogen-bond acceptors (Lipinski definition) is 5. The predicted octanol–water partition coefficient (Wildman–Crippen LogP) is 1.88. The minimum absolute atomic E-state index is 0.00896. The largest absolute Gasteiger partial charge is 0.508 e. The Morgan fingerprint density at radius 3 is 2.35 bits per heavy atom. The standard InChI is InChI=1S/C18H20O5/c1-2-3-12-8-11(4-6-15(12)20)14-9-13(5-7-16(14)21)18(23)17(22)10-19/h2,4-9,17-23H,1,3,10H2/t17-,18+/m0/s1. The summed E-state index contributed by atoms with van der Waals surface area (Å²) in [6.45, 7) is 3.07. The molecule has 0 aliphatic heterocycles. The van der Waals surface area contributed by atoms with Crippen LogP contribution in [0.1, 0.15) is 17.2 Å².